The molecule has 1 aromatic carbocycles. The molecule has 0 aliphatic rings. The summed E-state index contributed by atoms with van der Waals surface area (Å²) in [5.74, 6) is 1.01. The Kier molecular flexibility index (Phi) is 6.76. The highest BCUT2D eigenvalue weighted by atomic mass is 19.3. The number of rotatable bonds is 6. The van der Waals surface area contributed by atoms with Crippen molar-refractivity contribution in [3.05, 3.63) is 29.8 Å². The molecule has 0 bridgehead atoms. The highest BCUT2D eigenvalue weighted by Crippen LogP contribution is 2.15. The summed E-state index contributed by atoms with van der Waals surface area (Å²) in [6, 6.07) is 6.64. The minimum Gasteiger partial charge on any atom is -0.435 e. The molecule has 1 aromatic rings. The van der Waals surface area contributed by atoms with Crippen molar-refractivity contribution in [3.8, 4) is 5.75 Å². The molecule has 0 saturated carbocycles. The lowest BCUT2D eigenvalue weighted by Crippen LogP contribution is -2.36. The van der Waals surface area contributed by atoms with Crippen LogP contribution in [0.5, 0.6) is 5.75 Å². The Balaban J connectivity index is 2.50. The van der Waals surface area contributed by atoms with E-state index in [4.69, 9.17) is 0 Å². The van der Waals surface area contributed by atoms with Crippen LogP contribution in [0.15, 0.2) is 29.3 Å². The van der Waals surface area contributed by atoms with Gasteiger partial charge in [-0.3, -0.25) is 4.99 Å². The second kappa shape index (κ2) is 8.35. The summed E-state index contributed by atoms with van der Waals surface area (Å²) in [7, 11) is 3.86. The number of halogens is 2. The number of alkyl halides is 2. The molecule has 112 valence electrons. The Hall–Kier alpha value is -1.85. The quantitative estimate of drug-likeness (QED) is 0.644. The fourth-order valence-corrected chi connectivity index (χ4v) is 1.64. The molecule has 20 heavy (non-hydrogen) atoms. The Morgan fingerprint density at radius 3 is 2.45 bits per heavy atom. The summed E-state index contributed by atoms with van der Waals surface area (Å²) in [5, 5.41) is 3.17. The minimum absolute atomic E-state index is 0.175. The Labute approximate surface area is 118 Å². The molecule has 0 aliphatic carbocycles. The average Bonchev–Trinajstić information content (AvgIpc) is 2.39. The molecule has 0 unspecified atom stereocenters. The summed E-state index contributed by atoms with van der Waals surface area (Å²) in [6.45, 7) is 0.681. The first-order valence-electron chi connectivity index (χ1n) is 6.52. The van der Waals surface area contributed by atoms with E-state index < -0.39 is 6.61 Å². The normalized spacial score (nSPS) is 11.6. The Bertz CT molecular complexity index is 419. The monoisotopic (exact) mass is 285 g/mol. The van der Waals surface area contributed by atoms with Crippen LogP contribution in [0.1, 0.15) is 12.5 Å². The zero-order valence-corrected chi connectivity index (χ0v) is 12.1. The molecule has 1 rings (SSSR count). The average molecular weight is 285 g/mol. The summed E-state index contributed by atoms with van der Waals surface area (Å²) >= 11 is 0. The summed E-state index contributed by atoms with van der Waals surface area (Å²) in [5.41, 5.74) is 1.03. The molecule has 0 fully saturated rings. The van der Waals surface area contributed by atoms with Crippen molar-refractivity contribution in [1.82, 2.24) is 10.2 Å². The molecule has 0 atom stereocenters. The summed E-state index contributed by atoms with van der Waals surface area (Å²) in [6.07, 6.45) is 0.748. The number of hydrogen-bond acceptors (Lipinski definition) is 2. The van der Waals surface area contributed by atoms with Gasteiger partial charge in [-0.15, -0.1) is 0 Å². The molecule has 0 radical (unpaired) electrons. The predicted molar refractivity (Wildman–Crippen MR) is 76.4 cm³/mol. The standard InChI is InChI=1S/C14H21F2N3O/c1-4-17-14(19(2)3)18-10-9-11-5-7-12(8-6-11)20-13(15)16/h5-8,13H,4,9-10H2,1-3H3,(H,17,18). The van der Waals surface area contributed by atoms with Crippen molar-refractivity contribution in [1.29, 1.82) is 0 Å². The number of nitrogens with zero attached hydrogens (tertiary/aromatic N) is 2. The molecule has 1 N–H and O–H groups in total. The number of aliphatic imine (C=N–C) groups is 1. The Morgan fingerprint density at radius 2 is 1.95 bits per heavy atom. The van der Waals surface area contributed by atoms with Crippen LogP contribution in [0.3, 0.4) is 0 Å². The lowest BCUT2D eigenvalue weighted by molar-refractivity contribution is -0.0498. The zero-order valence-electron chi connectivity index (χ0n) is 12.1. The largest absolute Gasteiger partial charge is 0.435 e. The number of benzene rings is 1. The van der Waals surface area contributed by atoms with Crippen LogP contribution in [0.2, 0.25) is 0 Å². The van der Waals surface area contributed by atoms with Gasteiger partial charge in [0, 0.05) is 27.2 Å². The second-order valence-corrected chi connectivity index (χ2v) is 4.40. The van der Waals surface area contributed by atoms with Gasteiger partial charge in [0.15, 0.2) is 5.96 Å². The van der Waals surface area contributed by atoms with E-state index in [0.29, 0.717) is 6.54 Å². The highest BCUT2D eigenvalue weighted by molar-refractivity contribution is 5.79. The lowest BCUT2D eigenvalue weighted by atomic mass is 10.1. The molecule has 0 spiro atoms. The topological polar surface area (TPSA) is 36.9 Å². The van der Waals surface area contributed by atoms with E-state index in [-0.39, 0.29) is 5.75 Å². The first-order valence-corrected chi connectivity index (χ1v) is 6.52. The third-order valence-corrected chi connectivity index (χ3v) is 2.57. The van der Waals surface area contributed by atoms with Gasteiger partial charge in [0.2, 0.25) is 0 Å². The van der Waals surface area contributed by atoms with Crippen LogP contribution < -0.4 is 10.1 Å². The lowest BCUT2D eigenvalue weighted by Gasteiger charge is -2.16. The number of hydrogen-bond donors (Lipinski definition) is 1. The van der Waals surface area contributed by atoms with Crippen LogP contribution in [0, 0.1) is 0 Å². The molecule has 0 saturated heterocycles. The predicted octanol–water partition coefficient (Wildman–Crippen LogP) is 2.36. The van der Waals surface area contributed by atoms with Crippen molar-refractivity contribution in [2.45, 2.75) is 20.0 Å². The van der Waals surface area contributed by atoms with E-state index >= 15 is 0 Å². The molecular formula is C14H21F2N3O. The maximum absolute atomic E-state index is 12.0. The van der Waals surface area contributed by atoms with Crippen molar-refractivity contribution in [2.75, 3.05) is 27.2 Å². The molecule has 0 aliphatic heterocycles. The molecule has 0 amide bonds. The van der Waals surface area contributed by atoms with Crippen molar-refractivity contribution in [2.24, 2.45) is 4.99 Å². The number of ether oxygens (including phenoxy) is 1. The molecule has 4 nitrogen and oxygen atoms in total. The van der Waals surface area contributed by atoms with E-state index in [0.717, 1.165) is 24.5 Å². The third-order valence-electron chi connectivity index (χ3n) is 2.57. The van der Waals surface area contributed by atoms with Gasteiger partial charge in [-0.25, -0.2) is 0 Å². The molecule has 0 heterocycles. The molecule has 6 heteroatoms. The first-order chi connectivity index (χ1) is 9.52. The SMILES string of the molecule is CCNC(=NCCc1ccc(OC(F)F)cc1)N(C)C. The van der Waals surface area contributed by atoms with Gasteiger partial charge in [-0.1, -0.05) is 12.1 Å². The van der Waals surface area contributed by atoms with Gasteiger partial charge in [0.1, 0.15) is 5.75 Å². The van der Waals surface area contributed by atoms with E-state index in [2.05, 4.69) is 15.0 Å². The van der Waals surface area contributed by atoms with Crippen LogP contribution >= 0.6 is 0 Å². The van der Waals surface area contributed by atoms with Crippen molar-refractivity contribution in [3.63, 3.8) is 0 Å². The van der Waals surface area contributed by atoms with Crippen LogP contribution in [-0.2, 0) is 6.42 Å². The zero-order chi connectivity index (χ0) is 15.0. The van der Waals surface area contributed by atoms with Gasteiger partial charge in [-0.05, 0) is 31.0 Å². The maximum Gasteiger partial charge on any atom is 0.387 e. The summed E-state index contributed by atoms with van der Waals surface area (Å²) in [4.78, 5) is 6.38. The van der Waals surface area contributed by atoms with Gasteiger partial charge in [-0.2, -0.15) is 8.78 Å². The van der Waals surface area contributed by atoms with E-state index in [9.17, 15) is 8.78 Å². The van der Waals surface area contributed by atoms with E-state index in [1.54, 1.807) is 24.3 Å². The second-order valence-electron chi connectivity index (χ2n) is 4.40. The van der Waals surface area contributed by atoms with Crippen LogP contribution in [-0.4, -0.2) is 44.7 Å². The van der Waals surface area contributed by atoms with Crippen molar-refractivity contribution >= 4 is 5.96 Å². The summed E-state index contributed by atoms with van der Waals surface area (Å²) < 4.78 is 28.3. The Morgan fingerprint density at radius 1 is 1.30 bits per heavy atom. The van der Waals surface area contributed by atoms with Crippen LogP contribution in [0.4, 0.5) is 8.78 Å². The van der Waals surface area contributed by atoms with Gasteiger partial charge >= 0.3 is 6.61 Å². The number of guanidine groups is 1. The van der Waals surface area contributed by atoms with Gasteiger partial charge < -0.3 is 15.0 Å². The van der Waals surface area contributed by atoms with Crippen molar-refractivity contribution < 1.29 is 13.5 Å². The van der Waals surface area contributed by atoms with Gasteiger partial charge in [0.05, 0.1) is 0 Å². The van der Waals surface area contributed by atoms with E-state index in [1.165, 1.54) is 0 Å². The fraction of sp³-hybridized carbons (Fsp3) is 0.500. The molecular weight excluding hydrogens is 264 g/mol. The maximum atomic E-state index is 12.0. The smallest absolute Gasteiger partial charge is 0.387 e. The first kappa shape index (κ1) is 16.2. The molecule has 0 aromatic heterocycles. The minimum atomic E-state index is -2.78. The number of nitrogens with one attached hydrogen (secondary N) is 1. The van der Waals surface area contributed by atoms with Crippen LogP contribution in [0.25, 0.3) is 0 Å². The van der Waals surface area contributed by atoms with Gasteiger partial charge in [0.25, 0.3) is 0 Å². The fourth-order valence-electron chi connectivity index (χ4n) is 1.64. The van der Waals surface area contributed by atoms with E-state index in [1.807, 2.05) is 25.9 Å². The third kappa shape index (κ3) is 5.86. The highest BCUT2D eigenvalue weighted by Gasteiger charge is 2.04.